The fraction of sp³-hybridized carbons (Fsp3) is 0.364. The molecule has 0 aliphatic carbocycles. The van der Waals surface area contributed by atoms with E-state index in [1.165, 1.54) is 19.1 Å². The third kappa shape index (κ3) is 6.30. The molecule has 0 fully saturated rings. The molecular formula is C11H11ClF3NO3. The van der Waals surface area contributed by atoms with Crippen LogP contribution in [0.15, 0.2) is 24.3 Å². The highest BCUT2D eigenvalue weighted by Crippen LogP contribution is 2.17. The van der Waals surface area contributed by atoms with Crippen LogP contribution in [0.5, 0.6) is 5.75 Å². The first-order chi connectivity index (χ1) is 8.78. The Morgan fingerprint density at radius 1 is 1.37 bits per heavy atom. The molecule has 8 heteroatoms. The molecule has 19 heavy (non-hydrogen) atoms. The van der Waals surface area contributed by atoms with Crippen molar-refractivity contribution in [1.82, 2.24) is 5.48 Å². The summed E-state index contributed by atoms with van der Waals surface area (Å²) in [5, 5.41) is 0.498. The molecule has 0 aromatic heterocycles. The van der Waals surface area contributed by atoms with Crippen molar-refractivity contribution in [3.05, 3.63) is 29.3 Å². The maximum Gasteiger partial charge on any atom is 0.414 e. The maximum absolute atomic E-state index is 11.8. The van der Waals surface area contributed by atoms with Crippen molar-refractivity contribution in [3.8, 4) is 5.75 Å². The van der Waals surface area contributed by atoms with E-state index in [1.54, 1.807) is 17.6 Å². The molecule has 0 bridgehead atoms. The van der Waals surface area contributed by atoms with Crippen molar-refractivity contribution in [2.24, 2.45) is 0 Å². The number of hydrogen-bond donors (Lipinski definition) is 1. The second-order valence-electron chi connectivity index (χ2n) is 3.58. The number of halogens is 4. The fourth-order valence-electron chi connectivity index (χ4n) is 1.04. The van der Waals surface area contributed by atoms with E-state index in [4.69, 9.17) is 16.3 Å². The Morgan fingerprint density at radius 3 is 2.47 bits per heavy atom. The first-order valence-corrected chi connectivity index (χ1v) is 5.56. The molecular weight excluding hydrogens is 287 g/mol. The van der Waals surface area contributed by atoms with Crippen LogP contribution >= 0.6 is 11.6 Å². The number of rotatable bonds is 5. The zero-order chi connectivity index (χ0) is 14.5. The molecule has 1 N–H and O–H groups in total. The van der Waals surface area contributed by atoms with Gasteiger partial charge in [-0.05, 0) is 31.2 Å². The van der Waals surface area contributed by atoms with Gasteiger partial charge in [-0.1, -0.05) is 11.6 Å². The predicted octanol–water partition coefficient (Wildman–Crippen LogP) is 2.72. The van der Waals surface area contributed by atoms with E-state index >= 15 is 0 Å². The van der Waals surface area contributed by atoms with Crippen LogP contribution in [0.25, 0.3) is 0 Å². The van der Waals surface area contributed by atoms with Gasteiger partial charge in [0, 0.05) is 5.02 Å². The maximum atomic E-state index is 11.8. The normalized spacial score (nSPS) is 12.9. The number of hydroxylamine groups is 1. The summed E-state index contributed by atoms with van der Waals surface area (Å²) in [6, 6.07) is 6.18. The first-order valence-electron chi connectivity index (χ1n) is 5.18. The van der Waals surface area contributed by atoms with E-state index in [0.29, 0.717) is 10.8 Å². The van der Waals surface area contributed by atoms with Crippen LogP contribution in [-0.4, -0.2) is 24.8 Å². The second-order valence-corrected chi connectivity index (χ2v) is 4.02. The van der Waals surface area contributed by atoms with Gasteiger partial charge in [-0.3, -0.25) is 9.63 Å². The predicted molar refractivity (Wildman–Crippen MR) is 61.7 cm³/mol. The lowest BCUT2D eigenvalue weighted by Crippen LogP contribution is -2.38. The molecule has 1 aromatic rings. The standard InChI is InChI=1S/C11H11ClF3NO3/c1-7(10(17)16-18-6-11(13,14)15)19-9-4-2-8(12)3-5-9/h2-5,7H,6H2,1H3,(H,16,17). The van der Waals surface area contributed by atoms with Crippen LogP contribution in [0.1, 0.15) is 6.92 Å². The van der Waals surface area contributed by atoms with E-state index in [2.05, 4.69) is 4.84 Å². The zero-order valence-electron chi connectivity index (χ0n) is 9.83. The third-order valence-electron chi connectivity index (χ3n) is 1.90. The molecule has 106 valence electrons. The van der Waals surface area contributed by atoms with Crippen molar-refractivity contribution >= 4 is 17.5 Å². The van der Waals surface area contributed by atoms with E-state index < -0.39 is 24.8 Å². The Balaban J connectivity index is 2.38. The summed E-state index contributed by atoms with van der Waals surface area (Å²) in [5.74, 6) is -0.456. The number of ether oxygens (including phenoxy) is 1. The highest BCUT2D eigenvalue weighted by atomic mass is 35.5. The largest absolute Gasteiger partial charge is 0.481 e. The van der Waals surface area contributed by atoms with Gasteiger partial charge >= 0.3 is 6.18 Å². The molecule has 0 saturated carbocycles. The van der Waals surface area contributed by atoms with Crippen LogP contribution < -0.4 is 10.2 Å². The zero-order valence-corrected chi connectivity index (χ0v) is 10.6. The summed E-state index contributed by atoms with van der Waals surface area (Å²) < 4.78 is 40.5. The SMILES string of the molecule is CC(Oc1ccc(Cl)cc1)C(=O)NOCC(F)(F)F. The van der Waals surface area contributed by atoms with Crippen LogP contribution in [0.3, 0.4) is 0 Å². The highest BCUT2D eigenvalue weighted by Gasteiger charge is 2.28. The van der Waals surface area contributed by atoms with Crippen LogP contribution in [0.2, 0.25) is 5.02 Å². The topological polar surface area (TPSA) is 47.6 Å². The Hall–Kier alpha value is -1.47. The quantitative estimate of drug-likeness (QED) is 0.850. The monoisotopic (exact) mass is 297 g/mol. The Bertz CT molecular complexity index is 422. The Morgan fingerprint density at radius 2 is 1.95 bits per heavy atom. The Labute approximate surface area is 112 Å². The van der Waals surface area contributed by atoms with Gasteiger partial charge in [0.05, 0.1) is 0 Å². The van der Waals surface area contributed by atoms with Crippen LogP contribution in [0.4, 0.5) is 13.2 Å². The fourth-order valence-corrected chi connectivity index (χ4v) is 1.17. The van der Waals surface area contributed by atoms with E-state index in [9.17, 15) is 18.0 Å². The lowest BCUT2D eigenvalue weighted by molar-refractivity contribution is -0.193. The molecule has 0 saturated heterocycles. The van der Waals surface area contributed by atoms with Crippen LogP contribution in [-0.2, 0) is 9.63 Å². The smallest absolute Gasteiger partial charge is 0.414 e. The molecule has 0 spiro atoms. The number of nitrogens with one attached hydrogen (secondary N) is 1. The minimum Gasteiger partial charge on any atom is -0.481 e. The summed E-state index contributed by atoms with van der Waals surface area (Å²) >= 11 is 5.66. The van der Waals surface area contributed by atoms with E-state index in [0.717, 1.165) is 0 Å². The van der Waals surface area contributed by atoms with Gasteiger partial charge < -0.3 is 4.74 Å². The van der Waals surface area contributed by atoms with Gasteiger partial charge in [-0.25, -0.2) is 5.48 Å². The van der Waals surface area contributed by atoms with Crippen molar-refractivity contribution in [1.29, 1.82) is 0 Å². The average Bonchev–Trinajstić information content (AvgIpc) is 2.30. The number of amides is 1. The summed E-state index contributed by atoms with van der Waals surface area (Å²) in [5.41, 5.74) is 1.66. The molecule has 1 unspecified atom stereocenters. The lowest BCUT2D eigenvalue weighted by Gasteiger charge is -2.15. The molecule has 0 aliphatic heterocycles. The molecule has 0 heterocycles. The van der Waals surface area contributed by atoms with Gasteiger partial charge in [-0.15, -0.1) is 0 Å². The van der Waals surface area contributed by atoms with E-state index in [-0.39, 0.29) is 0 Å². The van der Waals surface area contributed by atoms with Gasteiger partial charge in [0.1, 0.15) is 5.75 Å². The van der Waals surface area contributed by atoms with Crippen molar-refractivity contribution in [2.45, 2.75) is 19.2 Å². The summed E-state index contributed by atoms with van der Waals surface area (Å²) in [6.45, 7) is -0.187. The van der Waals surface area contributed by atoms with Crippen molar-refractivity contribution in [3.63, 3.8) is 0 Å². The summed E-state index contributed by atoms with van der Waals surface area (Å²) in [6.07, 6.45) is -5.51. The molecule has 1 atom stereocenters. The number of benzene rings is 1. The first kappa shape index (κ1) is 15.6. The summed E-state index contributed by atoms with van der Waals surface area (Å²) in [4.78, 5) is 15.4. The number of carbonyl (C=O) groups is 1. The molecule has 1 amide bonds. The molecule has 4 nitrogen and oxygen atoms in total. The third-order valence-corrected chi connectivity index (χ3v) is 2.16. The van der Waals surface area contributed by atoms with Crippen LogP contribution in [0, 0.1) is 0 Å². The molecule has 0 aliphatic rings. The lowest BCUT2D eigenvalue weighted by atomic mass is 10.3. The average molecular weight is 298 g/mol. The highest BCUT2D eigenvalue weighted by molar-refractivity contribution is 6.30. The number of alkyl halides is 3. The minimum atomic E-state index is -4.51. The molecule has 1 rings (SSSR count). The summed E-state index contributed by atoms with van der Waals surface area (Å²) in [7, 11) is 0. The van der Waals surface area contributed by atoms with Gasteiger partial charge in [0.25, 0.3) is 5.91 Å². The number of carbonyl (C=O) groups excluding carboxylic acids is 1. The minimum absolute atomic E-state index is 0.364. The van der Waals surface area contributed by atoms with Gasteiger partial charge in [0.15, 0.2) is 12.7 Å². The molecule has 0 radical (unpaired) electrons. The van der Waals surface area contributed by atoms with Crippen molar-refractivity contribution in [2.75, 3.05) is 6.61 Å². The Kier molecular flexibility index (Phi) is 5.44. The van der Waals surface area contributed by atoms with E-state index in [1.807, 2.05) is 0 Å². The second kappa shape index (κ2) is 6.63. The van der Waals surface area contributed by atoms with Crippen molar-refractivity contribution < 1.29 is 27.5 Å². The number of hydrogen-bond acceptors (Lipinski definition) is 3. The molecule has 1 aromatic carbocycles. The van der Waals surface area contributed by atoms with Gasteiger partial charge in [-0.2, -0.15) is 13.2 Å². The van der Waals surface area contributed by atoms with Gasteiger partial charge in [0.2, 0.25) is 0 Å².